The molecular weight excluding hydrogens is 222 g/mol. The summed E-state index contributed by atoms with van der Waals surface area (Å²) in [7, 11) is 0. The van der Waals surface area contributed by atoms with Crippen LogP contribution >= 0.6 is 11.6 Å². The molecule has 0 aromatic carbocycles. The van der Waals surface area contributed by atoms with E-state index in [1.54, 1.807) is 12.3 Å². The SMILES string of the molecule is Cc1cnc(-c2nccc(CCl)n2)c(C)c1. The van der Waals surface area contributed by atoms with E-state index in [1.165, 1.54) is 0 Å². The van der Waals surface area contributed by atoms with Gasteiger partial charge in [0.15, 0.2) is 5.82 Å². The van der Waals surface area contributed by atoms with Gasteiger partial charge >= 0.3 is 0 Å². The van der Waals surface area contributed by atoms with Gasteiger partial charge in [0.2, 0.25) is 0 Å². The summed E-state index contributed by atoms with van der Waals surface area (Å²) < 4.78 is 0. The van der Waals surface area contributed by atoms with E-state index in [1.807, 2.05) is 20.0 Å². The first-order valence-corrected chi connectivity index (χ1v) is 5.55. The first-order valence-electron chi connectivity index (χ1n) is 5.02. The van der Waals surface area contributed by atoms with Crippen LogP contribution in [0.1, 0.15) is 16.8 Å². The third-order valence-electron chi connectivity index (χ3n) is 2.28. The molecule has 0 N–H and O–H groups in total. The second-order valence-electron chi connectivity index (χ2n) is 3.68. The monoisotopic (exact) mass is 233 g/mol. The second-order valence-corrected chi connectivity index (χ2v) is 3.95. The van der Waals surface area contributed by atoms with E-state index in [0.717, 1.165) is 22.5 Å². The normalized spacial score (nSPS) is 10.4. The molecule has 0 aliphatic heterocycles. The Kier molecular flexibility index (Phi) is 3.15. The van der Waals surface area contributed by atoms with Gasteiger partial charge in [-0.3, -0.25) is 4.98 Å². The minimum Gasteiger partial charge on any atom is -0.252 e. The van der Waals surface area contributed by atoms with Gasteiger partial charge in [-0.1, -0.05) is 6.07 Å². The van der Waals surface area contributed by atoms with Gasteiger partial charge in [-0.15, -0.1) is 11.6 Å². The van der Waals surface area contributed by atoms with Crippen molar-refractivity contribution in [3.8, 4) is 11.5 Å². The molecule has 0 saturated heterocycles. The van der Waals surface area contributed by atoms with Crippen molar-refractivity contribution < 1.29 is 0 Å². The fourth-order valence-electron chi connectivity index (χ4n) is 1.53. The Morgan fingerprint density at radius 1 is 1.25 bits per heavy atom. The lowest BCUT2D eigenvalue weighted by molar-refractivity contribution is 1.06. The quantitative estimate of drug-likeness (QED) is 0.749. The maximum absolute atomic E-state index is 5.74. The molecular formula is C12H12ClN3. The molecule has 0 aliphatic carbocycles. The topological polar surface area (TPSA) is 38.7 Å². The summed E-state index contributed by atoms with van der Waals surface area (Å²) >= 11 is 5.74. The van der Waals surface area contributed by atoms with Gasteiger partial charge in [0.1, 0.15) is 5.69 Å². The number of rotatable bonds is 2. The first kappa shape index (κ1) is 11.0. The number of nitrogens with zero attached hydrogens (tertiary/aromatic N) is 3. The number of aryl methyl sites for hydroxylation is 2. The van der Waals surface area contributed by atoms with Crippen molar-refractivity contribution >= 4 is 11.6 Å². The molecule has 0 amide bonds. The van der Waals surface area contributed by atoms with E-state index in [9.17, 15) is 0 Å². The van der Waals surface area contributed by atoms with Crippen LogP contribution in [-0.4, -0.2) is 15.0 Å². The molecule has 3 nitrogen and oxygen atoms in total. The van der Waals surface area contributed by atoms with Crippen molar-refractivity contribution in [3.05, 3.63) is 41.3 Å². The molecule has 2 rings (SSSR count). The number of hydrogen-bond donors (Lipinski definition) is 0. The highest BCUT2D eigenvalue weighted by Crippen LogP contribution is 2.17. The number of alkyl halides is 1. The highest BCUT2D eigenvalue weighted by atomic mass is 35.5. The van der Waals surface area contributed by atoms with E-state index >= 15 is 0 Å². The van der Waals surface area contributed by atoms with E-state index in [2.05, 4.69) is 21.0 Å². The minimum absolute atomic E-state index is 0.389. The van der Waals surface area contributed by atoms with Gasteiger partial charge < -0.3 is 0 Å². The highest BCUT2D eigenvalue weighted by molar-refractivity contribution is 6.16. The average Bonchev–Trinajstić information content (AvgIpc) is 2.29. The molecule has 0 saturated carbocycles. The third-order valence-corrected chi connectivity index (χ3v) is 2.55. The molecule has 0 radical (unpaired) electrons. The van der Waals surface area contributed by atoms with E-state index in [4.69, 9.17) is 11.6 Å². The maximum Gasteiger partial charge on any atom is 0.178 e. The van der Waals surface area contributed by atoms with Crippen LogP contribution in [0, 0.1) is 13.8 Å². The molecule has 0 unspecified atom stereocenters. The summed E-state index contributed by atoms with van der Waals surface area (Å²) in [6.45, 7) is 4.02. The Hall–Kier alpha value is -1.48. The van der Waals surface area contributed by atoms with Gasteiger partial charge in [-0.05, 0) is 31.0 Å². The smallest absolute Gasteiger partial charge is 0.178 e. The zero-order valence-electron chi connectivity index (χ0n) is 9.24. The number of hydrogen-bond acceptors (Lipinski definition) is 3. The summed E-state index contributed by atoms with van der Waals surface area (Å²) in [5, 5.41) is 0. The van der Waals surface area contributed by atoms with Crippen molar-refractivity contribution in [2.75, 3.05) is 0 Å². The standard InChI is InChI=1S/C12H12ClN3/c1-8-5-9(2)11(15-7-8)12-14-4-3-10(6-13)16-12/h3-5,7H,6H2,1-2H3. The van der Waals surface area contributed by atoms with Crippen LogP contribution in [0.2, 0.25) is 0 Å². The van der Waals surface area contributed by atoms with Crippen LogP contribution in [-0.2, 0) is 5.88 Å². The largest absolute Gasteiger partial charge is 0.252 e. The van der Waals surface area contributed by atoms with Crippen molar-refractivity contribution in [3.63, 3.8) is 0 Å². The Balaban J connectivity index is 2.49. The molecule has 0 bridgehead atoms. The van der Waals surface area contributed by atoms with Gasteiger partial charge in [0, 0.05) is 12.4 Å². The van der Waals surface area contributed by atoms with Crippen molar-refractivity contribution in [1.29, 1.82) is 0 Å². The van der Waals surface area contributed by atoms with Crippen LogP contribution in [0.3, 0.4) is 0 Å². The zero-order valence-corrected chi connectivity index (χ0v) is 9.99. The molecule has 4 heteroatoms. The Morgan fingerprint density at radius 3 is 2.75 bits per heavy atom. The summed E-state index contributed by atoms with van der Waals surface area (Å²) in [5.74, 6) is 1.02. The Morgan fingerprint density at radius 2 is 2.06 bits per heavy atom. The third kappa shape index (κ3) is 2.19. The Labute approximate surface area is 99.5 Å². The van der Waals surface area contributed by atoms with Gasteiger partial charge in [0.25, 0.3) is 0 Å². The summed E-state index contributed by atoms with van der Waals surface area (Å²) in [5.41, 5.74) is 3.84. The van der Waals surface area contributed by atoms with Crippen LogP contribution in [0.15, 0.2) is 24.5 Å². The molecule has 16 heavy (non-hydrogen) atoms. The zero-order chi connectivity index (χ0) is 11.5. The highest BCUT2D eigenvalue weighted by Gasteiger charge is 2.07. The summed E-state index contributed by atoms with van der Waals surface area (Å²) in [4.78, 5) is 12.9. The van der Waals surface area contributed by atoms with Crippen LogP contribution in [0.25, 0.3) is 11.5 Å². The van der Waals surface area contributed by atoms with Crippen LogP contribution in [0.5, 0.6) is 0 Å². The van der Waals surface area contributed by atoms with Gasteiger partial charge in [0.05, 0.1) is 11.6 Å². The van der Waals surface area contributed by atoms with Crippen LogP contribution < -0.4 is 0 Å². The minimum atomic E-state index is 0.389. The second kappa shape index (κ2) is 4.58. The van der Waals surface area contributed by atoms with Crippen LogP contribution in [0.4, 0.5) is 0 Å². The molecule has 0 atom stereocenters. The first-order chi connectivity index (χ1) is 7.70. The fraction of sp³-hybridized carbons (Fsp3) is 0.250. The average molecular weight is 234 g/mol. The predicted molar refractivity (Wildman–Crippen MR) is 64.3 cm³/mol. The maximum atomic E-state index is 5.74. The van der Waals surface area contributed by atoms with E-state index < -0.39 is 0 Å². The lowest BCUT2D eigenvalue weighted by atomic mass is 10.1. The molecule has 2 aromatic rings. The van der Waals surface area contributed by atoms with Crippen molar-refractivity contribution in [2.45, 2.75) is 19.7 Å². The number of halogens is 1. The molecule has 0 fully saturated rings. The predicted octanol–water partition coefficient (Wildman–Crippen LogP) is 2.89. The molecule has 82 valence electrons. The molecule has 0 spiro atoms. The lowest BCUT2D eigenvalue weighted by Gasteiger charge is -2.05. The molecule has 0 aliphatic rings. The molecule has 2 aromatic heterocycles. The Bertz CT molecular complexity index is 511. The van der Waals surface area contributed by atoms with Crippen molar-refractivity contribution in [2.24, 2.45) is 0 Å². The summed E-state index contributed by atoms with van der Waals surface area (Å²) in [6, 6.07) is 3.87. The van der Waals surface area contributed by atoms with E-state index in [-0.39, 0.29) is 0 Å². The lowest BCUT2D eigenvalue weighted by Crippen LogP contribution is -1.97. The van der Waals surface area contributed by atoms with Crippen molar-refractivity contribution in [1.82, 2.24) is 15.0 Å². The van der Waals surface area contributed by atoms with E-state index in [0.29, 0.717) is 11.7 Å². The van der Waals surface area contributed by atoms with Gasteiger partial charge in [-0.2, -0.15) is 0 Å². The molecule has 2 heterocycles. The fourth-order valence-corrected chi connectivity index (χ4v) is 1.68. The number of pyridine rings is 1. The number of aromatic nitrogens is 3. The van der Waals surface area contributed by atoms with Gasteiger partial charge in [-0.25, -0.2) is 9.97 Å². The summed E-state index contributed by atoms with van der Waals surface area (Å²) in [6.07, 6.45) is 3.53.